The highest BCUT2D eigenvalue weighted by Gasteiger charge is 2.24. The van der Waals surface area contributed by atoms with Crippen molar-refractivity contribution in [2.24, 2.45) is 0 Å². The number of anilines is 2. The fraction of sp³-hybridized carbons (Fsp3) is 0.136. The molecule has 2 aromatic carbocycles. The molecule has 29 heavy (non-hydrogen) atoms. The van der Waals surface area contributed by atoms with Gasteiger partial charge in [0.05, 0.1) is 5.69 Å². The SMILES string of the molecule is Cc1cccc(N(C2=COCO2)c2ncccc2OCc2c(Cl)cccc2Cl)c1. The predicted octanol–water partition coefficient (Wildman–Crippen LogP) is 6.22. The predicted molar refractivity (Wildman–Crippen MR) is 113 cm³/mol. The van der Waals surface area contributed by atoms with Crippen LogP contribution in [0.3, 0.4) is 0 Å². The number of aryl methyl sites for hydroxylation is 1. The second-order valence-electron chi connectivity index (χ2n) is 6.37. The minimum Gasteiger partial charge on any atom is -0.485 e. The van der Waals surface area contributed by atoms with Crippen LogP contribution in [0.1, 0.15) is 11.1 Å². The van der Waals surface area contributed by atoms with Gasteiger partial charge in [-0.25, -0.2) is 4.98 Å². The summed E-state index contributed by atoms with van der Waals surface area (Å²) in [6.45, 7) is 2.38. The molecule has 0 atom stereocenters. The maximum atomic E-state index is 6.28. The maximum absolute atomic E-state index is 6.28. The van der Waals surface area contributed by atoms with Crippen LogP contribution < -0.4 is 9.64 Å². The van der Waals surface area contributed by atoms with E-state index in [0.29, 0.717) is 33.1 Å². The molecule has 4 rings (SSSR count). The van der Waals surface area contributed by atoms with Crippen LogP contribution in [-0.4, -0.2) is 11.8 Å². The van der Waals surface area contributed by atoms with Gasteiger partial charge < -0.3 is 14.2 Å². The van der Waals surface area contributed by atoms with E-state index < -0.39 is 0 Å². The Balaban J connectivity index is 1.71. The second-order valence-corrected chi connectivity index (χ2v) is 7.19. The van der Waals surface area contributed by atoms with Gasteiger partial charge in [0.2, 0.25) is 12.7 Å². The smallest absolute Gasteiger partial charge is 0.238 e. The van der Waals surface area contributed by atoms with E-state index in [-0.39, 0.29) is 13.4 Å². The van der Waals surface area contributed by atoms with E-state index in [1.807, 2.05) is 48.2 Å². The number of hydrogen-bond donors (Lipinski definition) is 0. The van der Waals surface area contributed by atoms with Crippen molar-refractivity contribution in [2.45, 2.75) is 13.5 Å². The summed E-state index contributed by atoms with van der Waals surface area (Å²) in [5, 5.41) is 1.10. The fourth-order valence-electron chi connectivity index (χ4n) is 2.95. The largest absolute Gasteiger partial charge is 0.485 e. The van der Waals surface area contributed by atoms with E-state index in [1.165, 1.54) is 0 Å². The number of nitrogens with zero attached hydrogens (tertiary/aromatic N) is 2. The zero-order valence-corrected chi connectivity index (χ0v) is 17.2. The molecule has 0 radical (unpaired) electrons. The topological polar surface area (TPSA) is 43.8 Å². The minimum atomic E-state index is 0.149. The molecular formula is C22H18Cl2N2O3. The third-order valence-electron chi connectivity index (χ3n) is 4.34. The first-order valence-corrected chi connectivity index (χ1v) is 9.71. The third kappa shape index (κ3) is 4.26. The summed E-state index contributed by atoms with van der Waals surface area (Å²) in [6.07, 6.45) is 3.26. The zero-order valence-electron chi connectivity index (χ0n) is 15.6. The van der Waals surface area contributed by atoms with Crippen LogP contribution in [0.15, 0.2) is 72.9 Å². The van der Waals surface area contributed by atoms with Crippen molar-refractivity contribution in [2.75, 3.05) is 11.7 Å². The second kappa shape index (κ2) is 8.64. The third-order valence-corrected chi connectivity index (χ3v) is 5.04. The lowest BCUT2D eigenvalue weighted by molar-refractivity contribution is 0.0796. The summed E-state index contributed by atoms with van der Waals surface area (Å²) in [5.41, 5.74) is 2.70. The molecule has 0 bridgehead atoms. The van der Waals surface area contributed by atoms with Crippen molar-refractivity contribution in [1.82, 2.24) is 4.98 Å². The molecular weight excluding hydrogens is 411 g/mol. The molecule has 5 nitrogen and oxygen atoms in total. The molecule has 0 aliphatic carbocycles. The van der Waals surface area contributed by atoms with Gasteiger partial charge in [0.25, 0.3) is 0 Å². The molecule has 0 amide bonds. The van der Waals surface area contributed by atoms with Gasteiger partial charge in [0.1, 0.15) is 12.9 Å². The summed E-state index contributed by atoms with van der Waals surface area (Å²) in [6, 6.07) is 17.0. The zero-order chi connectivity index (χ0) is 20.2. The average Bonchev–Trinajstić information content (AvgIpc) is 3.23. The molecule has 1 aromatic heterocycles. The monoisotopic (exact) mass is 428 g/mol. The van der Waals surface area contributed by atoms with Crippen LogP contribution in [0.2, 0.25) is 10.0 Å². The van der Waals surface area contributed by atoms with Crippen LogP contribution in [0.5, 0.6) is 5.75 Å². The van der Waals surface area contributed by atoms with E-state index >= 15 is 0 Å². The van der Waals surface area contributed by atoms with Gasteiger partial charge in [-0.2, -0.15) is 0 Å². The molecule has 0 spiro atoms. The van der Waals surface area contributed by atoms with E-state index in [4.69, 9.17) is 37.4 Å². The summed E-state index contributed by atoms with van der Waals surface area (Å²) < 4.78 is 17.0. The molecule has 0 N–H and O–H groups in total. The normalized spacial score (nSPS) is 12.7. The van der Waals surface area contributed by atoms with Gasteiger partial charge in [-0.3, -0.25) is 4.90 Å². The maximum Gasteiger partial charge on any atom is 0.238 e. The Morgan fingerprint density at radius 2 is 1.86 bits per heavy atom. The summed E-state index contributed by atoms with van der Waals surface area (Å²) in [5.74, 6) is 1.65. The van der Waals surface area contributed by atoms with Crippen molar-refractivity contribution in [3.05, 3.63) is 94.1 Å². The van der Waals surface area contributed by atoms with Gasteiger partial charge in [-0.1, -0.05) is 41.4 Å². The summed E-state index contributed by atoms with van der Waals surface area (Å²) in [7, 11) is 0. The Morgan fingerprint density at radius 3 is 2.59 bits per heavy atom. The van der Waals surface area contributed by atoms with Gasteiger partial charge in [0, 0.05) is 21.8 Å². The highest BCUT2D eigenvalue weighted by atomic mass is 35.5. The summed E-state index contributed by atoms with van der Waals surface area (Å²) in [4.78, 5) is 6.40. The van der Waals surface area contributed by atoms with Crippen molar-refractivity contribution in [3.8, 4) is 5.75 Å². The fourth-order valence-corrected chi connectivity index (χ4v) is 3.46. The van der Waals surface area contributed by atoms with Crippen molar-refractivity contribution in [3.63, 3.8) is 0 Å². The lowest BCUT2D eigenvalue weighted by atomic mass is 10.2. The highest BCUT2D eigenvalue weighted by molar-refractivity contribution is 6.35. The number of benzene rings is 2. The highest BCUT2D eigenvalue weighted by Crippen LogP contribution is 2.37. The van der Waals surface area contributed by atoms with E-state index in [2.05, 4.69) is 4.98 Å². The Hall–Kier alpha value is -2.89. The molecule has 7 heteroatoms. The Kier molecular flexibility index (Phi) is 5.79. The molecule has 0 fully saturated rings. The first-order chi connectivity index (χ1) is 14.1. The number of ether oxygens (including phenoxy) is 3. The molecule has 0 unspecified atom stereocenters. The van der Waals surface area contributed by atoms with Gasteiger partial charge in [0.15, 0.2) is 11.6 Å². The van der Waals surface area contributed by atoms with Crippen molar-refractivity contribution in [1.29, 1.82) is 0 Å². The molecule has 0 saturated heterocycles. The van der Waals surface area contributed by atoms with E-state index in [0.717, 1.165) is 11.3 Å². The van der Waals surface area contributed by atoms with Gasteiger partial charge in [-0.15, -0.1) is 0 Å². The molecule has 0 saturated carbocycles. The minimum absolute atomic E-state index is 0.149. The molecule has 3 aromatic rings. The lowest BCUT2D eigenvalue weighted by Crippen LogP contribution is -2.19. The van der Waals surface area contributed by atoms with Crippen molar-refractivity contribution < 1.29 is 14.2 Å². The Bertz CT molecular complexity index is 1040. The van der Waals surface area contributed by atoms with Crippen LogP contribution in [-0.2, 0) is 16.1 Å². The quantitative estimate of drug-likeness (QED) is 0.466. The number of halogens is 2. The van der Waals surface area contributed by atoms with E-state index in [1.54, 1.807) is 30.7 Å². The Morgan fingerprint density at radius 1 is 1.07 bits per heavy atom. The first-order valence-electron chi connectivity index (χ1n) is 8.95. The first kappa shape index (κ1) is 19.4. The summed E-state index contributed by atoms with van der Waals surface area (Å²) >= 11 is 12.6. The standard InChI is InChI=1S/C22H18Cl2N2O3/c1-15-5-2-6-16(11-15)26(21-13-27-14-29-21)22-20(9-4-10-25-22)28-12-17-18(23)7-3-8-19(17)24/h2-11,13H,12,14H2,1H3. The number of pyridine rings is 1. The molecule has 148 valence electrons. The van der Waals surface area contributed by atoms with Gasteiger partial charge >= 0.3 is 0 Å². The van der Waals surface area contributed by atoms with E-state index in [9.17, 15) is 0 Å². The Labute approximate surface area is 179 Å². The van der Waals surface area contributed by atoms with Gasteiger partial charge in [-0.05, 0) is 48.9 Å². The number of rotatable bonds is 6. The van der Waals surface area contributed by atoms with Crippen LogP contribution in [0.4, 0.5) is 11.5 Å². The van der Waals surface area contributed by atoms with Crippen LogP contribution in [0, 0.1) is 6.92 Å². The molecule has 1 aliphatic rings. The molecule has 2 heterocycles. The number of hydrogen-bond acceptors (Lipinski definition) is 5. The average molecular weight is 429 g/mol. The molecule has 1 aliphatic heterocycles. The van der Waals surface area contributed by atoms with Crippen LogP contribution in [0.25, 0.3) is 0 Å². The lowest BCUT2D eigenvalue weighted by Gasteiger charge is -2.25. The number of aromatic nitrogens is 1. The van der Waals surface area contributed by atoms with Crippen LogP contribution >= 0.6 is 23.2 Å². The van der Waals surface area contributed by atoms with Crippen molar-refractivity contribution >= 4 is 34.7 Å².